The molecule has 16 heavy (non-hydrogen) atoms. The van der Waals surface area contributed by atoms with E-state index < -0.39 is 0 Å². The summed E-state index contributed by atoms with van der Waals surface area (Å²) >= 11 is 9.53. The number of unbranched alkanes of at least 4 members (excludes halogenated alkanes) is 6. The Morgan fingerprint density at radius 3 is 0.750 bits per heavy atom. The van der Waals surface area contributed by atoms with Crippen molar-refractivity contribution in [3.8, 4) is 0 Å². The molecule has 0 rings (SSSR count). The maximum Gasteiger partial charge on any atom is 0.0967 e. The average molecular weight is 275 g/mol. The molecule has 0 atom stereocenters. The Balaban J connectivity index is -0.0000000692. The lowest BCUT2D eigenvalue weighted by Crippen LogP contribution is -1.66. The van der Waals surface area contributed by atoms with Gasteiger partial charge in [0.25, 0.3) is 0 Å². The second kappa shape index (κ2) is 36.1. The number of hydrogen-bond acceptors (Lipinski definition) is 0. The van der Waals surface area contributed by atoms with E-state index in [0.717, 1.165) is 0 Å². The summed E-state index contributed by atoms with van der Waals surface area (Å²) in [5, 5.41) is 0.194. The lowest BCUT2D eigenvalue weighted by atomic mass is 10.2. The van der Waals surface area contributed by atoms with Crippen molar-refractivity contribution in [2.24, 2.45) is 0 Å². The monoisotopic (exact) mass is 274 g/mol. The zero-order valence-corrected chi connectivity index (χ0v) is 13.1. The molecule has 0 heterocycles. The molecular formula is C13H32Cl2O. The molecule has 2 N–H and O–H groups in total. The highest BCUT2D eigenvalue weighted by Gasteiger charge is 1.75. The van der Waals surface area contributed by atoms with E-state index in [2.05, 4.69) is 27.7 Å². The summed E-state index contributed by atoms with van der Waals surface area (Å²) in [6, 6.07) is 0. The predicted octanol–water partition coefficient (Wildman–Crippen LogP) is 5.77. The fraction of sp³-hybridized carbons (Fsp3) is 1.00. The number of alkyl halides is 2. The lowest BCUT2D eigenvalue weighted by molar-refractivity contribution is 0.702. The second-order valence-electron chi connectivity index (χ2n) is 3.52. The summed E-state index contributed by atoms with van der Waals surface area (Å²) in [5.74, 6) is 0. The van der Waals surface area contributed by atoms with Gasteiger partial charge in [-0.15, -0.1) is 23.2 Å². The van der Waals surface area contributed by atoms with Gasteiger partial charge in [-0.05, 0) is 0 Å². The molecule has 0 aromatic heterocycles. The summed E-state index contributed by atoms with van der Waals surface area (Å²) < 4.78 is 0. The molecule has 0 aliphatic heterocycles. The van der Waals surface area contributed by atoms with Crippen LogP contribution in [-0.2, 0) is 0 Å². The van der Waals surface area contributed by atoms with Gasteiger partial charge in [-0.2, -0.15) is 0 Å². The second-order valence-corrected chi connectivity index (χ2v) is 4.32. The van der Waals surface area contributed by atoms with E-state index >= 15 is 0 Å². The van der Waals surface area contributed by atoms with Crippen LogP contribution in [0, 0.1) is 0 Å². The van der Waals surface area contributed by atoms with E-state index in [0.29, 0.717) is 0 Å². The molecule has 0 saturated heterocycles. The summed E-state index contributed by atoms with van der Waals surface area (Å²) in [7, 11) is 0. The van der Waals surface area contributed by atoms with Crippen LogP contribution in [0.25, 0.3) is 0 Å². The number of rotatable bonds is 6. The first-order valence-corrected chi connectivity index (χ1v) is 7.43. The van der Waals surface area contributed by atoms with Gasteiger partial charge in [-0.25, -0.2) is 0 Å². The van der Waals surface area contributed by atoms with Gasteiger partial charge in [0.1, 0.15) is 0 Å². The van der Waals surface area contributed by atoms with E-state index in [1.165, 1.54) is 51.4 Å². The van der Waals surface area contributed by atoms with E-state index in [-0.39, 0.29) is 10.8 Å². The molecular weight excluding hydrogens is 243 g/mol. The summed E-state index contributed by atoms with van der Waals surface area (Å²) in [5.41, 5.74) is 0. The van der Waals surface area contributed by atoms with Crippen LogP contribution in [0.3, 0.4) is 0 Å². The van der Waals surface area contributed by atoms with Gasteiger partial charge in [0.05, 0.1) is 5.34 Å². The Labute approximate surface area is 113 Å². The normalized spacial score (nSPS) is 7.88. The zero-order valence-electron chi connectivity index (χ0n) is 11.6. The standard InChI is InChI=1S/2C6H14.CH2Cl2.H2O/c2*1-3-5-6-4-2;2-1-3;/h2*3-6H2,1-2H3;1H2;1H2. The molecule has 0 fully saturated rings. The van der Waals surface area contributed by atoms with Crippen molar-refractivity contribution in [1.82, 2.24) is 0 Å². The van der Waals surface area contributed by atoms with Crippen molar-refractivity contribution < 1.29 is 5.48 Å². The zero-order chi connectivity index (χ0) is 12.4. The minimum absolute atomic E-state index is 0. The third-order valence-corrected chi connectivity index (χ3v) is 1.91. The third-order valence-electron chi connectivity index (χ3n) is 1.91. The van der Waals surface area contributed by atoms with Crippen molar-refractivity contribution in [1.29, 1.82) is 0 Å². The molecule has 0 unspecified atom stereocenters. The van der Waals surface area contributed by atoms with Crippen LogP contribution in [0.1, 0.15) is 79.1 Å². The third kappa shape index (κ3) is 62.3. The molecule has 0 aliphatic carbocycles. The van der Waals surface area contributed by atoms with Gasteiger partial charge in [0.15, 0.2) is 0 Å². The van der Waals surface area contributed by atoms with Crippen LogP contribution >= 0.6 is 23.2 Å². The largest absolute Gasteiger partial charge is 0.412 e. The Kier molecular flexibility index (Phi) is 57.3. The minimum Gasteiger partial charge on any atom is -0.412 e. The molecule has 0 saturated carbocycles. The highest BCUT2D eigenvalue weighted by molar-refractivity contribution is 6.40. The van der Waals surface area contributed by atoms with Crippen molar-refractivity contribution in [3.05, 3.63) is 0 Å². The molecule has 3 heteroatoms. The Morgan fingerprint density at radius 1 is 0.562 bits per heavy atom. The van der Waals surface area contributed by atoms with Crippen molar-refractivity contribution >= 4 is 23.2 Å². The van der Waals surface area contributed by atoms with Gasteiger partial charge in [0, 0.05) is 0 Å². The first kappa shape index (κ1) is 25.4. The van der Waals surface area contributed by atoms with E-state index in [1.807, 2.05) is 0 Å². The molecule has 104 valence electrons. The smallest absolute Gasteiger partial charge is 0.0967 e. The Morgan fingerprint density at radius 2 is 0.688 bits per heavy atom. The van der Waals surface area contributed by atoms with Crippen LogP contribution in [0.5, 0.6) is 0 Å². The van der Waals surface area contributed by atoms with Crippen LogP contribution in [-0.4, -0.2) is 10.8 Å². The van der Waals surface area contributed by atoms with Gasteiger partial charge in [0.2, 0.25) is 0 Å². The molecule has 0 amide bonds. The van der Waals surface area contributed by atoms with Gasteiger partial charge >= 0.3 is 0 Å². The quantitative estimate of drug-likeness (QED) is 0.435. The van der Waals surface area contributed by atoms with Crippen molar-refractivity contribution in [2.45, 2.75) is 79.1 Å². The number of halogens is 2. The maximum atomic E-state index is 4.76. The first-order chi connectivity index (χ1) is 7.24. The molecule has 0 spiro atoms. The van der Waals surface area contributed by atoms with Crippen LogP contribution in [0.15, 0.2) is 0 Å². The molecule has 0 aromatic rings. The SMILES string of the molecule is CCCCCC.CCCCCC.ClCCl.O. The highest BCUT2D eigenvalue weighted by atomic mass is 35.5. The predicted molar refractivity (Wildman–Crippen MR) is 79.8 cm³/mol. The van der Waals surface area contributed by atoms with Gasteiger partial charge in [-0.3, -0.25) is 0 Å². The van der Waals surface area contributed by atoms with Crippen LogP contribution in [0.4, 0.5) is 0 Å². The van der Waals surface area contributed by atoms with E-state index in [9.17, 15) is 0 Å². The number of hydrogen-bond donors (Lipinski definition) is 0. The highest BCUT2D eigenvalue weighted by Crippen LogP contribution is 1.95. The summed E-state index contributed by atoms with van der Waals surface area (Å²) in [6.45, 7) is 8.93. The Hall–Kier alpha value is 0.540. The van der Waals surface area contributed by atoms with Gasteiger partial charge in [-0.1, -0.05) is 79.1 Å². The van der Waals surface area contributed by atoms with E-state index in [1.54, 1.807) is 0 Å². The molecule has 0 aromatic carbocycles. The van der Waals surface area contributed by atoms with Crippen LogP contribution < -0.4 is 0 Å². The molecule has 0 bridgehead atoms. The molecule has 0 aliphatic rings. The topological polar surface area (TPSA) is 31.5 Å². The fourth-order valence-electron chi connectivity index (χ4n) is 1.000. The fourth-order valence-corrected chi connectivity index (χ4v) is 1.000. The average Bonchev–Trinajstić information content (AvgIpc) is 2.25. The summed E-state index contributed by atoms with van der Waals surface area (Å²) in [4.78, 5) is 0. The minimum atomic E-state index is 0. The maximum absolute atomic E-state index is 4.76. The van der Waals surface area contributed by atoms with E-state index in [4.69, 9.17) is 23.2 Å². The molecule has 0 radical (unpaired) electrons. The summed E-state index contributed by atoms with van der Waals surface area (Å²) in [6.07, 6.45) is 11.1. The lowest BCUT2D eigenvalue weighted by Gasteiger charge is -1.86. The van der Waals surface area contributed by atoms with Crippen molar-refractivity contribution in [2.75, 3.05) is 5.34 Å². The van der Waals surface area contributed by atoms with Crippen LogP contribution in [0.2, 0.25) is 0 Å². The Bertz CT molecular complexity index is 55.0. The first-order valence-electron chi connectivity index (χ1n) is 6.36. The molecule has 1 nitrogen and oxygen atoms in total. The van der Waals surface area contributed by atoms with Gasteiger partial charge < -0.3 is 5.48 Å². The van der Waals surface area contributed by atoms with Crippen molar-refractivity contribution in [3.63, 3.8) is 0 Å².